The van der Waals surface area contributed by atoms with E-state index in [0.717, 1.165) is 11.1 Å². The summed E-state index contributed by atoms with van der Waals surface area (Å²) >= 11 is 0. The number of aliphatic hydroxyl groups is 1. The van der Waals surface area contributed by atoms with Crippen molar-refractivity contribution in [3.8, 4) is 0 Å². The monoisotopic (exact) mass is 259 g/mol. The van der Waals surface area contributed by atoms with Gasteiger partial charge in [0, 0.05) is 6.04 Å². The van der Waals surface area contributed by atoms with Gasteiger partial charge in [0.25, 0.3) is 0 Å². The maximum atomic E-state index is 13.2. The Kier molecular flexibility index (Phi) is 4.66. The third-order valence-electron chi connectivity index (χ3n) is 3.18. The molecule has 2 atom stereocenters. The molecule has 0 amide bonds. The van der Waals surface area contributed by atoms with Gasteiger partial charge in [-0.2, -0.15) is 0 Å². The molecule has 0 aliphatic heterocycles. The molecule has 0 fully saturated rings. The third-order valence-corrected chi connectivity index (χ3v) is 3.18. The van der Waals surface area contributed by atoms with Crippen molar-refractivity contribution in [2.24, 2.45) is 0 Å². The van der Waals surface area contributed by atoms with Gasteiger partial charge < -0.3 is 10.4 Å². The molecular weight excluding hydrogens is 241 g/mol. The lowest BCUT2D eigenvalue weighted by atomic mass is 10.0. The molecule has 2 aromatic rings. The zero-order valence-corrected chi connectivity index (χ0v) is 10.9. The van der Waals surface area contributed by atoms with E-state index in [9.17, 15) is 9.50 Å². The molecular formula is C16H18FNO. The van der Waals surface area contributed by atoms with Gasteiger partial charge in [-0.3, -0.25) is 0 Å². The Bertz CT molecular complexity index is 515. The van der Waals surface area contributed by atoms with E-state index in [2.05, 4.69) is 5.32 Å². The summed E-state index contributed by atoms with van der Waals surface area (Å²) in [6.07, 6.45) is 0. The second-order valence-corrected chi connectivity index (χ2v) is 4.59. The van der Waals surface area contributed by atoms with E-state index < -0.39 is 0 Å². The highest BCUT2D eigenvalue weighted by Gasteiger charge is 2.14. The van der Waals surface area contributed by atoms with Crippen molar-refractivity contribution in [3.05, 3.63) is 71.5 Å². The van der Waals surface area contributed by atoms with Gasteiger partial charge in [-0.05, 0) is 30.2 Å². The van der Waals surface area contributed by atoms with E-state index in [0.29, 0.717) is 0 Å². The van der Waals surface area contributed by atoms with Crippen molar-refractivity contribution in [1.29, 1.82) is 0 Å². The quantitative estimate of drug-likeness (QED) is 0.864. The summed E-state index contributed by atoms with van der Waals surface area (Å²) in [5, 5.41) is 12.8. The normalized spacial score (nSPS) is 14.1. The second-order valence-electron chi connectivity index (χ2n) is 4.59. The van der Waals surface area contributed by atoms with Gasteiger partial charge in [0.1, 0.15) is 5.82 Å². The summed E-state index contributed by atoms with van der Waals surface area (Å²) < 4.78 is 13.2. The van der Waals surface area contributed by atoms with Crippen molar-refractivity contribution in [2.75, 3.05) is 6.61 Å². The summed E-state index contributed by atoms with van der Waals surface area (Å²) in [6.45, 7) is 1.96. The van der Waals surface area contributed by atoms with Crippen LogP contribution >= 0.6 is 0 Å². The maximum Gasteiger partial charge on any atom is 0.123 e. The molecule has 0 aliphatic rings. The van der Waals surface area contributed by atoms with Gasteiger partial charge in [-0.15, -0.1) is 0 Å². The average Bonchev–Trinajstić information content (AvgIpc) is 2.45. The summed E-state index contributed by atoms with van der Waals surface area (Å²) in [4.78, 5) is 0. The first-order valence-corrected chi connectivity index (χ1v) is 6.38. The Morgan fingerprint density at radius 1 is 1.05 bits per heavy atom. The Labute approximate surface area is 112 Å². The Hall–Kier alpha value is -1.71. The van der Waals surface area contributed by atoms with Crippen molar-refractivity contribution >= 4 is 0 Å². The van der Waals surface area contributed by atoms with Gasteiger partial charge in [0.05, 0.1) is 12.6 Å². The molecule has 2 N–H and O–H groups in total. The predicted octanol–water partition coefficient (Wildman–Crippen LogP) is 3.21. The van der Waals surface area contributed by atoms with Crippen molar-refractivity contribution < 1.29 is 9.50 Å². The van der Waals surface area contributed by atoms with E-state index in [1.54, 1.807) is 6.07 Å². The van der Waals surface area contributed by atoms with Crippen LogP contribution in [0.5, 0.6) is 0 Å². The molecule has 1 unspecified atom stereocenters. The highest BCUT2D eigenvalue weighted by atomic mass is 19.1. The van der Waals surface area contributed by atoms with Gasteiger partial charge in [0.15, 0.2) is 0 Å². The zero-order chi connectivity index (χ0) is 13.7. The van der Waals surface area contributed by atoms with Crippen LogP contribution in [0.2, 0.25) is 0 Å². The smallest absolute Gasteiger partial charge is 0.123 e. The Balaban J connectivity index is 2.10. The predicted molar refractivity (Wildman–Crippen MR) is 74.2 cm³/mol. The van der Waals surface area contributed by atoms with Crippen molar-refractivity contribution in [3.63, 3.8) is 0 Å². The molecule has 0 aromatic heterocycles. The second kappa shape index (κ2) is 6.45. The van der Waals surface area contributed by atoms with E-state index in [4.69, 9.17) is 0 Å². The number of hydrogen-bond acceptors (Lipinski definition) is 2. The molecule has 0 saturated heterocycles. The van der Waals surface area contributed by atoms with Crippen molar-refractivity contribution in [1.82, 2.24) is 5.32 Å². The first-order chi connectivity index (χ1) is 9.20. The highest BCUT2D eigenvalue weighted by molar-refractivity contribution is 5.22. The van der Waals surface area contributed by atoms with Crippen LogP contribution in [-0.4, -0.2) is 11.7 Å². The van der Waals surface area contributed by atoms with Gasteiger partial charge in [0.2, 0.25) is 0 Å². The number of benzene rings is 2. The SMILES string of the molecule is CC(N[C@H](CO)c1ccccc1)c1cccc(F)c1. The van der Waals surface area contributed by atoms with E-state index in [-0.39, 0.29) is 24.5 Å². The molecule has 2 rings (SSSR count). The molecule has 0 spiro atoms. The summed E-state index contributed by atoms with van der Waals surface area (Å²) in [5.41, 5.74) is 1.89. The van der Waals surface area contributed by atoms with Crippen LogP contribution in [0, 0.1) is 5.82 Å². The van der Waals surface area contributed by atoms with Crippen LogP contribution in [0.1, 0.15) is 30.1 Å². The number of hydrogen-bond donors (Lipinski definition) is 2. The number of halogens is 1. The maximum absolute atomic E-state index is 13.2. The molecule has 19 heavy (non-hydrogen) atoms. The van der Waals surface area contributed by atoms with Crippen LogP contribution in [0.15, 0.2) is 54.6 Å². The molecule has 100 valence electrons. The standard InChI is InChI=1S/C16H18FNO/c1-12(14-8-5-9-15(17)10-14)18-16(11-19)13-6-3-2-4-7-13/h2-10,12,16,18-19H,11H2,1H3/t12?,16-/m1/s1. The Morgan fingerprint density at radius 3 is 2.37 bits per heavy atom. The highest BCUT2D eigenvalue weighted by Crippen LogP contribution is 2.19. The minimum atomic E-state index is -0.244. The van der Waals surface area contributed by atoms with E-state index in [1.165, 1.54) is 12.1 Å². The topological polar surface area (TPSA) is 32.3 Å². The number of nitrogens with one attached hydrogen (secondary N) is 1. The molecule has 0 radical (unpaired) electrons. The fourth-order valence-electron chi connectivity index (χ4n) is 2.11. The molecule has 2 aromatic carbocycles. The number of aliphatic hydroxyl groups excluding tert-OH is 1. The van der Waals surface area contributed by atoms with Crippen LogP contribution in [-0.2, 0) is 0 Å². The summed E-state index contributed by atoms with van der Waals surface area (Å²) in [6, 6.07) is 16.1. The molecule has 0 aliphatic carbocycles. The van der Waals surface area contributed by atoms with Gasteiger partial charge in [-0.25, -0.2) is 4.39 Å². The average molecular weight is 259 g/mol. The third kappa shape index (κ3) is 3.63. The zero-order valence-electron chi connectivity index (χ0n) is 10.9. The first-order valence-electron chi connectivity index (χ1n) is 6.38. The van der Waals surface area contributed by atoms with Crippen LogP contribution < -0.4 is 5.32 Å². The fourth-order valence-corrected chi connectivity index (χ4v) is 2.11. The lowest BCUT2D eigenvalue weighted by molar-refractivity contribution is 0.235. The fraction of sp³-hybridized carbons (Fsp3) is 0.250. The molecule has 2 nitrogen and oxygen atoms in total. The molecule has 0 heterocycles. The van der Waals surface area contributed by atoms with Crippen molar-refractivity contribution in [2.45, 2.75) is 19.0 Å². The summed E-state index contributed by atoms with van der Waals surface area (Å²) in [7, 11) is 0. The number of rotatable bonds is 5. The minimum absolute atomic E-state index is 0.00364. The first kappa shape index (κ1) is 13.7. The molecule has 0 bridgehead atoms. The van der Waals surface area contributed by atoms with E-state index in [1.807, 2.05) is 43.3 Å². The van der Waals surface area contributed by atoms with Crippen LogP contribution in [0.25, 0.3) is 0 Å². The van der Waals surface area contributed by atoms with Gasteiger partial charge in [-0.1, -0.05) is 42.5 Å². The Morgan fingerprint density at radius 2 is 1.74 bits per heavy atom. The lowest BCUT2D eigenvalue weighted by Gasteiger charge is -2.22. The molecule has 3 heteroatoms. The minimum Gasteiger partial charge on any atom is -0.394 e. The van der Waals surface area contributed by atoms with E-state index >= 15 is 0 Å². The summed E-state index contributed by atoms with van der Waals surface area (Å²) in [5.74, 6) is -0.244. The largest absolute Gasteiger partial charge is 0.394 e. The lowest BCUT2D eigenvalue weighted by Crippen LogP contribution is -2.27. The van der Waals surface area contributed by atoms with Gasteiger partial charge >= 0.3 is 0 Å². The molecule has 0 saturated carbocycles. The van der Waals surface area contributed by atoms with Crippen LogP contribution in [0.4, 0.5) is 4.39 Å². The van der Waals surface area contributed by atoms with Crippen LogP contribution in [0.3, 0.4) is 0 Å².